The van der Waals surface area contributed by atoms with Crippen molar-refractivity contribution < 1.29 is 13.5 Å². The van der Waals surface area contributed by atoms with E-state index in [1.807, 2.05) is 30.6 Å². The number of ether oxygens (including phenoxy) is 1. The molecule has 1 fully saturated rings. The van der Waals surface area contributed by atoms with Gasteiger partial charge in [-0.25, -0.2) is 13.8 Å². The quantitative estimate of drug-likeness (QED) is 0.504. The van der Waals surface area contributed by atoms with E-state index < -0.39 is 6.43 Å². The van der Waals surface area contributed by atoms with Crippen LogP contribution in [0.25, 0.3) is 10.4 Å². The van der Waals surface area contributed by atoms with Crippen molar-refractivity contribution >= 4 is 22.8 Å². The van der Waals surface area contributed by atoms with Crippen LogP contribution in [-0.2, 0) is 24.1 Å². The van der Waals surface area contributed by atoms with Crippen molar-refractivity contribution in [3.8, 4) is 10.4 Å². The lowest BCUT2D eigenvalue weighted by Crippen LogP contribution is -2.40. The van der Waals surface area contributed by atoms with Gasteiger partial charge in [0.25, 0.3) is 6.43 Å². The van der Waals surface area contributed by atoms with Crippen molar-refractivity contribution in [3.05, 3.63) is 52.0 Å². The zero-order chi connectivity index (χ0) is 23.9. The number of alkyl halides is 2. The number of halogens is 2. The Hall–Kier alpha value is -2.33. The van der Waals surface area contributed by atoms with Crippen LogP contribution in [0.2, 0.25) is 0 Å². The fourth-order valence-electron chi connectivity index (χ4n) is 5.76. The summed E-state index contributed by atoms with van der Waals surface area (Å²) in [6.07, 6.45) is 2.16. The van der Waals surface area contributed by atoms with E-state index in [-0.39, 0.29) is 5.56 Å². The summed E-state index contributed by atoms with van der Waals surface area (Å²) in [6, 6.07) is 7.90. The molecule has 6 nitrogen and oxygen atoms in total. The molecule has 0 atom stereocenters. The summed E-state index contributed by atoms with van der Waals surface area (Å²) in [5.41, 5.74) is 8.56. The zero-order valence-corrected chi connectivity index (χ0v) is 20.8. The number of anilines is 2. The Kier molecular flexibility index (Phi) is 6.34. The summed E-state index contributed by atoms with van der Waals surface area (Å²) >= 11 is 1.51. The molecule has 5 heterocycles. The smallest absolute Gasteiger partial charge is 0.264 e. The van der Waals surface area contributed by atoms with Crippen molar-refractivity contribution in [2.75, 3.05) is 38.3 Å². The van der Waals surface area contributed by atoms with Crippen molar-refractivity contribution in [2.24, 2.45) is 0 Å². The highest BCUT2D eigenvalue weighted by atomic mass is 32.1. The third-order valence-electron chi connectivity index (χ3n) is 7.56. The van der Waals surface area contributed by atoms with Gasteiger partial charge in [-0.1, -0.05) is 6.07 Å². The lowest BCUT2D eigenvalue weighted by atomic mass is 9.94. The Bertz CT molecular complexity index is 1190. The minimum absolute atomic E-state index is 0.104. The van der Waals surface area contributed by atoms with Crippen molar-refractivity contribution in [1.82, 2.24) is 20.2 Å². The van der Waals surface area contributed by atoms with Crippen LogP contribution in [0.3, 0.4) is 0 Å². The SMILES string of the molecule is CNN1CCc2c(c(N3CCCc4cc(-c5cccs5)c(C(F)F)cc43)nn2C2CCOCC2)C1. The van der Waals surface area contributed by atoms with E-state index >= 15 is 0 Å². The Morgan fingerprint density at radius 3 is 2.77 bits per heavy atom. The molecule has 0 unspecified atom stereocenters. The lowest BCUT2D eigenvalue weighted by Gasteiger charge is -2.33. The summed E-state index contributed by atoms with van der Waals surface area (Å²) in [6.45, 7) is 3.98. The fourth-order valence-corrected chi connectivity index (χ4v) is 6.53. The molecule has 6 rings (SSSR count). The maximum atomic E-state index is 14.3. The average molecular weight is 500 g/mol. The van der Waals surface area contributed by atoms with Crippen LogP contribution in [0.5, 0.6) is 0 Å². The van der Waals surface area contributed by atoms with Crippen LogP contribution < -0.4 is 10.3 Å². The third kappa shape index (κ3) is 4.18. The number of nitrogens with zero attached hydrogens (tertiary/aromatic N) is 4. The molecule has 35 heavy (non-hydrogen) atoms. The van der Waals surface area contributed by atoms with Gasteiger partial charge in [0.05, 0.1) is 6.04 Å². The monoisotopic (exact) mass is 499 g/mol. The molecule has 3 aromatic rings. The molecule has 0 amide bonds. The molecular formula is C26H31F2N5OS. The van der Waals surface area contributed by atoms with Gasteiger partial charge >= 0.3 is 0 Å². The van der Waals surface area contributed by atoms with Gasteiger partial charge in [-0.3, -0.25) is 10.1 Å². The second-order valence-corrected chi connectivity index (χ2v) is 10.5. The summed E-state index contributed by atoms with van der Waals surface area (Å²) < 4.78 is 36.4. The van der Waals surface area contributed by atoms with Gasteiger partial charge in [-0.05, 0) is 61.9 Å². The number of nitrogens with one attached hydrogen (secondary N) is 1. The average Bonchev–Trinajstić information content (AvgIpc) is 3.56. The second-order valence-electron chi connectivity index (χ2n) is 9.53. The lowest BCUT2D eigenvalue weighted by molar-refractivity contribution is 0.0648. The minimum atomic E-state index is -2.53. The van der Waals surface area contributed by atoms with Gasteiger partial charge in [0.15, 0.2) is 5.82 Å². The van der Waals surface area contributed by atoms with Gasteiger partial charge < -0.3 is 9.64 Å². The maximum absolute atomic E-state index is 14.3. The first kappa shape index (κ1) is 23.1. The minimum Gasteiger partial charge on any atom is -0.381 e. The molecule has 3 aliphatic heterocycles. The molecule has 0 saturated carbocycles. The van der Waals surface area contributed by atoms with Gasteiger partial charge in [-0.2, -0.15) is 5.10 Å². The Morgan fingerprint density at radius 2 is 2.03 bits per heavy atom. The Morgan fingerprint density at radius 1 is 1.17 bits per heavy atom. The highest BCUT2D eigenvalue weighted by molar-refractivity contribution is 7.13. The fraction of sp³-hybridized carbons (Fsp3) is 0.500. The highest BCUT2D eigenvalue weighted by Gasteiger charge is 2.33. The third-order valence-corrected chi connectivity index (χ3v) is 8.47. The molecule has 0 spiro atoms. The summed E-state index contributed by atoms with van der Waals surface area (Å²) in [5, 5.41) is 9.35. The predicted molar refractivity (Wildman–Crippen MR) is 135 cm³/mol. The molecule has 9 heteroatoms. The van der Waals surface area contributed by atoms with Gasteiger partial charge in [0, 0.05) is 72.2 Å². The topological polar surface area (TPSA) is 45.6 Å². The number of hydrogen-bond acceptors (Lipinski definition) is 6. The maximum Gasteiger partial charge on any atom is 0.264 e. The molecule has 0 radical (unpaired) electrons. The highest BCUT2D eigenvalue weighted by Crippen LogP contribution is 2.44. The van der Waals surface area contributed by atoms with Crippen LogP contribution in [0.15, 0.2) is 29.6 Å². The van der Waals surface area contributed by atoms with Crippen LogP contribution in [-0.4, -0.2) is 48.1 Å². The number of rotatable bonds is 5. The van der Waals surface area contributed by atoms with Crippen LogP contribution in [0.4, 0.5) is 20.3 Å². The van der Waals surface area contributed by atoms with Crippen LogP contribution >= 0.6 is 11.3 Å². The Balaban J connectivity index is 1.47. The molecule has 1 N–H and O–H groups in total. The number of hydrogen-bond donors (Lipinski definition) is 1. The standard InChI is InChI=1S/C26H31F2N5OS/c1-29-31-10-6-22-21(16-31)26(30-33(22)18-7-11-34-12-8-18)32-9-2-4-17-14-19(24-5-3-13-35-24)20(25(27)28)15-23(17)32/h3,5,13-15,18,25,29H,2,4,6-12,16H2,1H3. The molecule has 0 aliphatic carbocycles. The van der Waals surface area contributed by atoms with Crippen LogP contribution in [0, 0.1) is 0 Å². The zero-order valence-electron chi connectivity index (χ0n) is 20.0. The van der Waals surface area contributed by atoms with Crippen LogP contribution in [0.1, 0.15) is 54.1 Å². The van der Waals surface area contributed by atoms with E-state index in [1.54, 1.807) is 6.07 Å². The van der Waals surface area contributed by atoms with Crippen molar-refractivity contribution in [2.45, 2.75) is 51.1 Å². The predicted octanol–water partition coefficient (Wildman–Crippen LogP) is 5.48. The number of benzene rings is 1. The first-order valence-electron chi connectivity index (χ1n) is 12.5. The van der Waals surface area contributed by atoms with Crippen molar-refractivity contribution in [1.29, 1.82) is 0 Å². The summed E-state index contributed by atoms with van der Waals surface area (Å²) in [5.74, 6) is 0.927. The van der Waals surface area contributed by atoms with E-state index in [1.165, 1.54) is 22.6 Å². The normalized spacial score (nSPS) is 19.3. The number of aryl methyl sites for hydroxylation is 1. The number of thiophene rings is 1. The first-order chi connectivity index (χ1) is 17.1. The second kappa shape index (κ2) is 9.61. The largest absolute Gasteiger partial charge is 0.381 e. The Labute approximate surface area is 208 Å². The van der Waals surface area contributed by atoms with Gasteiger partial charge in [0.1, 0.15) is 0 Å². The molecule has 3 aliphatic rings. The summed E-state index contributed by atoms with van der Waals surface area (Å²) in [4.78, 5) is 3.10. The summed E-state index contributed by atoms with van der Waals surface area (Å²) in [7, 11) is 1.95. The van der Waals surface area contributed by atoms with E-state index in [0.717, 1.165) is 86.9 Å². The molecule has 2 aromatic heterocycles. The molecule has 0 bridgehead atoms. The van der Waals surface area contributed by atoms with E-state index in [2.05, 4.69) is 20.0 Å². The van der Waals surface area contributed by atoms with E-state index in [0.29, 0.717) is 11.6 Å². The first-order valence-corrected chi connectivity index (χ1v) is 13.4. The molecule has 1 saturated heterocycles. The van der Waals surface area contributed by atoms with Gasteiger partial charge in [-0.15, -0.1) is 11.3 Å². The number of hydrazine groups is 1. The van der Waals surface area contributed by atoms with Crippen molar-refractivity contribution in [3.63, 3.8) is 0 Å². The molecular weight excluding hydrogens is 468 g/mol. The number of aromatic nitrogens is 2. The number of fused-ring (bicyclic) bond motifs is 2. The van der Waals surface area contributed by atoms with E-state index in [4.69, 9.17) is 9.84 Å². The molecule has 186 valence electrons. The van der Waals surface area contributed by atoms with Gasteiger partial charge in [0.2, 0.25) is 0 Å². The van der Waals surface area contributed by atoms with E-state index in [9.17, 15) is 8.78 Å². The molecule has 1 aromatic carbocycles.